The molecule has 0 radical (unpaired) electrons. The largest absolute Gasteiger partial charge is 0.514 e. The van der Waals surface area contributed by atoms with Crippen molar-refractivity contribution in [3.8, 4) is 0 Å². The SMILES string of the molecule is C[C@@H]1[C@@H](O)CC[N+]1(C(=O)O)C(C)(C)C. The Morgan fingerprint density at radius 2 is 1.93 bits per heavy atom. The summed E-state index contributed by atoms with van der Waals surface area (Å²) in [5.41, 5.74) is -0.372. The van der Waals surface area contributed by atoms with Crippen LogP contribution in [-0.2, 0) is 0 Å². The van der Waals surface area contributed by atoms with E-state index in [1.54, 1.807) is 0 Å². The summed E-state index contributed by atoms with van der Waals surface area (Å²) in [5, 5.41) is 19.0. The summed E-state index contributed by atoms with van der Waals surface area (Å²) in [6.45, 7) is 8.07. The Balaban J connectivity index is 3.14. The zero-order valence-corrected chi connectivity index (χ0v) is 9.32. The Kier molecular flexibility index (Phi) is 2.63. The molecule has 2 N–H and O–H groups in total. The summed E-state index contributed by atoms with van der Waals surface area (Å²) in [5.74, 6) is 0. The monoisotopic (exact) mass is 202 g/mol. The van der Waals surface area contributed by atoms with Crippen molar-refractivity contribution in [1.82, 2.24) is 0 Å². The Bertz CT molecular complexity index is 246. The summed E-state index contributed by atoms with van der Waals surface area (Å²) >= 11 is 0. The van der Waals surface area contributed by atoms with Gasteiger partial charge >= 0.3 is 6.09 Å². The fourth-order valence-corrected chi connectivity index (χ4v) is 2.58. The molecule has 0 aromatic carbocycles. The minimum Gasteiger partial charge on any atom is -0.435 e. The standard InChI is InChI=1S/C10H19NO3/c1-7-8(12)5-6-11(7,9(13)14)10(2,3)4/h7-8,12H,5-6H2,1-4H3/p+1/t7-,8+,11?/m1/s1. The number of aliphatic hydroxyl groups excluding tert-OH is 1. The molecule has 1 heterocycles. The summed E-state index contributed by atoms with van der Waals surface area (Å²) in [6.07, 6.45) is -0.753. The second-order valence-electron chi connectivity index (χ2n) is 5.14. The number of carboxylic acid groups (broad SMARTS) is 1. The number of nitrogens with zero attached hydrogens (tertiary/aromatic N) is 1. The van der Waals surface area contributed by atoms with Gasteiger partial charge in [-0.15, -0.1) is 0 Å². The number of aliphatic hydroxyl groups is 1. The van der Waals surface area contributed by atoms with Crippen molar-refractivity contribution < 1.29 is 19.5 Å². The lowest BCUT2D eigenvalue weighted by Gasteiger charge is -2.43. The van der Waals surface area contributed by atoms with Crippen LogP contribution in [0.25, 0.3) is 0 Å². The van der Waals surface area contributed by atoms with Gasteiger partial charge in [-0.25, -0.2) is 4.48 Å². The van der Waals surface area contributed by atoms with Crippen LogP contribution in [0.1, 0.15) is 34.1 Å². The third-order valence-corrected chi connectivity index (χ3v) is 3.57. The molecule has 0 aromatic heterocycles. The van der Waals surface area contributed by atoms with Crippen LogP contribution >= 0.6 is 0 Å². The molecule has 1 saturated heterocycles. The molecule has 14 heavy (non-hydrogen) atoms. The predicted molar refractivity (Wildman–Crippen MR) is 53.0 cm³/mol. The maximum Gasteiger partial charge on any atom is 0.514 e. The van der Waals surface area contributed by atoms with Crippen molar-refractivity contribution in [2.75, 3.05) is 6.54 Å². The molecule has 1 amide bonds. The van der Waals surface area contributed by atoms with E-state index in [2.05, 4.69) is 0 Å². The molecule has 1 rings (SSSR count). The first kappa shape index (κ1) is 11.5. The number of hydrogen-bond acceptors (Lipinski definition) is 2. The summed E-state index contributed by atoms with van der Waals surface area (Å²) in [6, 6.07) is -0.229. The van der Waals surface area contributed by atoms with Crippen molar-refractivity contribution in [2.24, 2.45) is 0 Å². The molecule has 0 bridgehead atoms. The van der Waals surface area contributed by atoms with Crippen molar-refractivity contribution in [3.05, 3.63) is 0 Å². The highest BCUT2D eigenvalue weighted by Gasteiger charge is 2.57. The van der Waals surface area contributed by atoms with Crippen LogP contribution in [0.15, 0.2) is 0 Å². The lowest BCUT2D eigenvalue weighted by Crippen LogP contribution is -2.66. The molecular weight excluding hydrogens is 182 g/mol. The van der Waals surface area contributed by atoms with Gasteiger partial charge in [0.05, 0.1) is 6.54 Å². The van der Waals surface area contributed by atoms with E-state index in [0.29, 0.717) is 13.0 Å². The summed E-state index contributed by atoms with van der Waals surface area (Å²) < 4.78 is -0.0336. The lowest BCUT2D eigenvalue weighted by molar-refractivity contribution is -0.914. The van der Waals surface area contributed by atoms with E-state index < -0.39 is 12.2 Å². The van der Waals surface area contributed by atoms with Crippen LogP contribution < -0.4 is 0 Å². The minimum absolute atomic E-state index is 0.0336. The fraction of sp³-hybridized carbons (Fsp3) is 0.900. The molecule has 4 nitrogen and oxygen atoms in total. The van der Waals surface area contributed by atoms with Gasteiger partial charge in [-0.3, -0.25) is 0 Å². The Hall–Kier alpha value is -0.610. The van der Waals surface area contributed by atoms with Crippen molar-refractivity contribution in [1.29, 1.82) is 0 Å². The second kappa shape index (κ2) is 3.21. The van der Waals surface area contributed by atoms with Crippen molar-refractivity contribution in [3.63, 3.8) is 0 Å². The number of rotatable bonds is 0. The Morgan fingerprint density at radius 3 is 2.07 bits per heavy atom. The molecule has 4 heteroatoms. The molecule has 1 aliphatic heterocycles. The second-order valence-corrected chi connectivity index (χ2v) is 5.14. The highest BCUT2D eigenvalue weighted by Crippen LogP contribution is 2.36. The van der Waals surface area contributed by atoms with Gasteiger partial charge in [-0.05, 0) is 27.7 Å². The van der Waals surface area contributed by atoms with Gasteiger partial charge in [0.2, 0.25) is 0 Å². The molecule has 0 spiro atoms. The van der Waals surface area contributed by atoms with Crippen molar-refractivity contribution in [2.45, 2.75) is 51.8 Å². The van der Waals surface area contributed by atoms with Gasteiger partial charge in [0.1, 0.15) is 17.7 Å². The third-order valence-electron chi connectivity index (χ3n) is 3.57. The first-order chi connectivity index (χ1) is 6.23. The van der Waals surface area contributed by atoms with Crippen LogP contribution in [-0.4, -0.2) is 45.0 Å². The molecule has 82 valence electrons. The average molecular weight is 202 g/mol. The summed E-state index contributed by atoms with van der Waals surface area (Å²) in [4.78, 5) is 11.4. The lowest BCUT2D eigenvalue weighted by atomic mass is 10.00. The maximum absolute atomic E-state index is 11.4. The molecule has 1 fully saturated rings. The van der Waals surface area contributed by atoms with Crippen molar-refractivity contribution >= 4 is 6.09 Å². The zero-order valence-electron chi connectivity index (χ0n) is 9.32. The van der Waals surface area contributed by atoms with Crippen LogP contribution in [0.4, 0.5) is 4.79 Å². The highest BCUT2D eigenvalue weighted by molar-refractivity contribution is 5.58. The van der Waals surface area contributed by atoms with Gasteiger partial charge in [-0.2, -0.15) is 4.79 Å². The van der Waals surface area contributed by atoms with Crippen LogP contribution in [0.2, 0.25) is 0 Å². The first-order valence-corrected chi connectivity index (χ1v) is 5.03. The average Bonchev–Trinajstić information content (AvgIpc) is 2.28. The van der Waals surface area contributed by atoms with Gasteiger partial charge in [-0.1, -0.05) is 0 Å². The van der Waals surface area contributed by atoms with Gasteiger partial charge in [0.25, 0.3) is 0 Å². The molecule has 3 atom stereocenters. The molecule has 0 aromatic rings. The topological polar surface area (TPSA) is 57.5 Å². The van der Waals surface area contributed by atoms with Gasteiger partial charge < -0.3 is 10.2 Å². The van der Waals surface area contributed by atoms with Crippen LogP contribution in [0.5, 0.6) is 0 Å². The third kappa shape index (κ3) is 1.33. The van der Waals surface area contributed by atoms with Gasteiger partial charge in [0.15, 0.2) is 0 Å². The predicted octanol–water partition coefficient (Wildman–Crippen LogP) is 1.43. The Labute approximate surface area is 84.7 Å². The smallest absolute Gasteiger partial charge is 0.435 e. The van der Waals surface area contributed by atoms with E-state index >= 15 is 0 Å². The highest BCUT2D eigenvalue weighted by atomic mass is 16.4. The number of likely N-dealkylation sites (tertiary alicyclic amines) is 1. The van der Waals surface area contributed by atoms with E-state index in [1.165, 1.54) is 0 Å². The van der Waals surface area contributed by atoms with E-state index in [-0.39, 0.29) is 16.1 Å². The first-order valence-electron chi connectivity index (χ1n) is 5.03. The minimum atomic E-state index is -0.832. The molecule has 1 unspecified atom stereocenters. The van der Waals surface area contributed by atoms with Crippen LogP contribution in [0, 0.1) is 0 Å². The number of hydrogen-bond donors (Lipinski definition) is 2. The van der Waals surface area contributed by atoms with E-state index in [1.807, 2.05) is 27.7 Å². The molecular formula is C10H20NO3+. The zero-order chi connectivity index (χ0) is 11.1. The van der Waals surface area contributed by atoms with E-state index in [9.17, 15) is 15.0 Å². The number of amides is 1. The number of quaternary nitrogens is 1. The van der Waals surface area contributed by atoms with Crippen LogP contribution in [0.3, 0.4) is 0 Å². The maximum atomic E-state index is 11.4. The summed E-state index contributed by atoms with van der Waals surface area (Å²) in [7, 11) is 0. The van der Waals surface area contributed by atoms with E-state index in [4.69, 9.17) is 0 Å². The quantitative estimate of drug-likeness (QED) is 0.584. The van der Waals surface area contributed by atoms with Gasteiger partial charge in [0, 0.05) is 6.42 Å². The fourth-order valence-electron chi connectivity index (χ4n) is 2.58. The Morgan fingerprint density at radius 1 is 1.43 bits per heavy atom. The molecule has 1 aliphatic rings. The normalized spacial score (nSPS) is 38.6. The molecule has 0 saturated carbocycles. The van der Waals surface area contributed by atoms with E-state index in [0.717, 1.165) is 0 Å². The number of carbonyl (C=O) groups is 1. The molecule has 0 aliphatic carbocycles.